The van der Waals surface area contributed by atoms with Crippen LogP contribution < -0.4 is 11.1 Å². The van der Waals surface area contributed by atoms with Crippen molar-refractivity contribution in [2.45, 2.75) is 13.8 Å². The Kier molecular flexibility index (Phi) is 3.38. The van der Waals surface area contributed by atoms with Crippen molar-refractivity contribution in [2.75, 3.05) is 11.1 Å². The standard InChI is InChI=1S/C14H15BrN2/c1-9-3-4-13(15)14(7-9)17-12-6-10(2)5-11(16)8-12/h3-8,17H,16H2,1-2H3. The van der Waals surface area contributed by atoms with E-state index in [-0.39, 0.29) is 0 Å². The Morgan fingerprint density at radius 1 is 1.00 bits per heavy atom. The Morgan fingerprint density at radius 3 is 2.47 bits per heavy atom. The first-order valence-electron chi connectivity index (χ1n) is 5.45. The maximum absolute atomic E-state index is 5.83. The Labute approximate surface area is 110 Å². The van der Waals surface area contributed by atoms with Gasteiger partial charge in [-0.3, -0.25) is 0 Å². The molecule has 0 amide bonds. The van der Waals surface area contributed by atoms with E-state index in [0.717, 1.165) is 27.1 Å². The summed E-state index contributed by atoms with van der Waals surface area (Å²) in [6, 6.07) is 12.2. The van der Waals surface area contributed by atoms with E-state index in [4.69, 9.17) is 5.73 Å². The van der Waals surface area contributed by atoms with Gasteiger partial charge in [0.2, 0.25) is 0 Å². The van der Waals surface area contributed by atoms with Crippen LogP contribution in [0.1, 0.15) is 11.1 Å². The van der Waals surface area contributed by atoms with Crippen LogP contribution in [0.25, 0.3) is 0 Å². The van der Waals surface area contributed by atoms with Crippen LogP contribution >= 0.6 is 15.9 Å². The molecule has 17 heavy (non-hydrogen) atoms. The zero-order valence-electron chi connectivity index (χ0n) is 9.92. The van der Waals surface area contributed by atoms with E-state index in [1.165, 1.54) is 5.56 Å². The van der Waals surface area contributed by atoms with Gasteiger partial charge in [0.05, 0.1) is 5.69 Å². The third-order valence-corrected chi connectivity index (χ3v) is 3.19. The minimum absolute atomic E-state index is 0.774. The first kappa shape index (κ1) is 12.0. The summed E-state index contributed by atoms with van der Waals surface area (Å²) < 4.78 is 1.04. The van der Waals surface area contributed by atoms with Crippen LogP contribution in [0.15, 0.2) is 40.9 Å². The number of nitrogens with one attached hydrogen (secondary N) is 1. The molecule has 3 N–H and O–H groups in total. The van der Waals surface area contributed by atoms with Crippen LogP contribution in [0.3, 0.4) is 0 Å². The van der Waals surface area contributed by atoms with Gasteiger partial charge < -0.3 is 11.1 Å². The van der Waals surface area contributed by atoms with Gasteiger partial charge >= 0.3 is 0 Å². The van der Waals surface area contributed by atoms with Crippen molar-refractivity contribution in [1.29, 1.82) is 0 Å². The first-order chi connectivity index (χ1) is 8.04. The van der Waals surface area contributed by atoms with Crippen molar-refractivity contribution in [3.63, 3.8) is 0 Å². The van der Waals surface area contributed by atoms with Crippen molar-refractivity contribution >= 4 is 33.0 Å². The molecule has 0 saturated heterocycles. The second kappa shape index (κ2) is 4.80. The monoisotopic (exact) mass is 290 g/mol. The summed E-state index contributed by atoms with van der Waals surface area (Å²) in [5, 5.41) is 3.37. The topological polar surface area (TPSA) is 38.0 Å². The van der Waals surface area contributed by atoms with E-state index in [1.54, 1.807) is 0 Å². The number of nitrogen functional groups attached to an aromatic ring is 1. The third kappa shape index (κ3) is 3.01. The Balaban J connectivity index is 2.34. The molecule has 0 unspecified atom stereocenters. The summed E-state index contributed by atoms with van der Waals surface area (Å²) in [5.74, 6) is 0. The molecule has 88 valence electrons. The van der Waals surface area contributed by atoms with Gasteiger partial charge in [-0.2, -0.15) is 0 Å². The molecule has 0 aliphatic rings. The van der Waals surface area contributed by atoms with E-state index >= 15 is 0 Å². The molecule has 0 spiro atoms. The largest absolute Gasteiger partial charge is 0.399 e. The molecule has 2 aromatic rings. The van der Waals surface area contributed by atoms with Crippen molar-refractivity contribution < 1.29 is 0 Å². The Morgan fingerprint density at radius 2 is 1.76 bits per heavy atom. The molecule has 2 aromatic carbocycles. The summed E-state index contributed by atoms with van der Waals surface area (Å²) in [7, 11) is 0. The van der Waals surface area contributed by atoms with Crippen LogP contribution in [-0.2, 0) is 0 Å². The van der Waals surface area contributed by atoms with E-state index in [9.17, 15) is 0 Å². The van der Waals surface area contributed by atoms with E-state index in [0.29, 0.717) is 0 Å². The molecule has 0 fully saturated rings. The zero-order chi connectivity index (χ0) is 12.4. The quantitative estimate of drug-likeness (QED) is 0.805. The average Bonchev–Trinajstić information content (AvgIpc) is 2.22. The van der Waals surface area contributed by atoms with Crippen LogP contribution in [0.5, 0.6) is 0 Å². The molecule has 0 aliphatic carbocycles. The second-order valence-corrected chi connectivity index (χ2v) is 5.10. The fraction of sp³-hybridized carbons (Fsp3) is 0.143. The normalized spacial score (nSPS) is 10.3. The van der Waals surface area contributed by atoms with Gasteiger partial charge in [0.1, 0.15) is 0 Å². The minimum Gasteiger partial charge on any atom is -0.399 e. The van der Waals surface area contributed by atoms with Gasteiger partial charge in [-0.1, -0.05) is 6.07 Å². The summed E-state index contributed by atoms with van der Waals surface area (Å²) >= 11 is 3.53. The van der Waals surface area contributed by atoms with Crippen LogP contribution in [0, 0.1) is 13.8 Å². The fourth-order valence-corrected chi connectivity index (χ4v) is 2.12. The van der Waals surface area contributed by atoms with Crippen LogP contribution in [-0.4, -0.2) is 0 Å². The van der Waals surface area contributed by atoms with Gasteiger partial charge in [-0.25, -0.2) is 0 Å². The second-order valence-electron chi connectivity index (χ2n) is 4.24. The first-order valence-corrected chi connectivity index (χ1v) is 6.24. The molecule has 2 rings (SSSR count). The van der Waals surface area contributed by atoms with Gasteiger partial charge in [-0.05, 0) is 71.2 Å². The predicted octanol–water partition coefficient (Wildman–Crippen LogP) is 4.39. The van der Waals surface area contributed by atoms with Gasteiger partial charge in [0.25, 0.3) is 0 Å². The van der Waals surface area contributed by atoms with E-state index in [2.05, 4.69) is 46.4 Å². The van der Waals surface area contributed by atoms with Crippen molar-refractivity contribution in [2.24, 2.45) is 0 Å². The van der Waals surface area contributed by atoms with Crippen molar-refractivity contribution in [3.05, 3.63) is 52.0 Å². The summed E-state index contributed by atoms with van der Waals surface area (Å²) in [6.45, 7) is 4.11. The molecular formula is C14H15BrN2. The lowest BCUT2D eigenvalue weighted by Gasteiger charge is -2.11. The number of rotatable bonds is 2. The highest BCUT2D eigenvalue weighted by Crippen LogP contribution is 2.28. The van der Waals surface area contributed by atoms with Crippen LogP contribution in [0.4, 0.5) is 17.1 Å². The molecule has 2 nitrogen and oxygen atoms in total. The summed E-state index contributed by atoms with van der Waals surface area (Å²) in [6.07, 6.45) is 0. The minimum atomic E-state index is 0.774. The van der Waals surface area contributed by atoms with Crippen molar-refractivity contribution in [3.8, 4) is 0 Å². The molecule has 0 aliphatic heterocycles. The average molecular weight is 291 g/mol. The lowest BCUT2D eigenvalue weighted by Crippen LogP contribution is -1.94. The highest BCUT2D eigenvalue weighted by atomic mass is 79.9. The smallest absolute Gasteiger partial charge is 0.0531 e. The van der Waals surface area contributed by atoms with Crippen LogP contribution in [0.2, 0.25) is 0 Å². The number of aryl methyl sites for hydroxylation is 2. The highest BCUT2D eigenvalue weighted by Gasteiger charge is 2.02. The molecule has 3 heteroatoms. The van der Waals surface area contributed by atoms with Gasteiger partial charge in [-0.15, -0.1) is 0 Å². The number of halogens is 1. The zero-order valence-corrected chi connectivity index (χ0v) is 11.5. The predicted molar refractivity (Wildman–Crippen MR) is 77.8 cm³/mol. The summed E-state index contributed by atoms with van der Waals surface area (Å²) in [5.41, 5.74) is 11.0. The SMILES string of the molecule is Cc1cc(N)cc(Nc2cc(C)ccc2Br)c1. The lowest BCUT2D eigenvalue weighted by atomic mass is 10.1. The maximum atomic E-state index is 5.83. The number of hydrogen-bond acceptors (Lipinski definition) is 2. The lowest BCUT2D eigenvalue weighted by molar-refractivity contribution is 1.41. The van der Waals surface area contributed by atoms with Crippen molar-refractivity contribution in [1.82, 2.24) is 0 Å². The number of benzene rings is 2. The highest BCUT2D eigenvalue weighted by molar-refractivity contribution is 9.10. The Hall–Kier alpha value is -1.48. The molecule has 0 atom stereocenters. The fourth-order valence-electron chi connectivity index (χ4n) is 1.78. The number of anilines is 3. The maximum Gasteiger partial charge on any atom is 0.0531 e. The number of nitrogens with two attached hydrogens (primary N) is 1. The molecule has 0 saturated carbocycles. The Bertz CT molecular complexity index is 530. The third-order valence-electron chi connectivity index (χ3n) is 2.50. The molecular weight excluding hydrogens is 276 g/mol. The number of hydrogen-bond donors (Lipinski definition) is 2. The van der Waals surface area contributed by atoms with Gasteiger partial charge in [0.15, 0.2) is 0 Å². The molecule has 0 bridgehead atoms. The summed E-state index contributed by atoms with van der Waals surface area (Å²) in [4.78, 5) is 0. The van der Waals surface area contributed by atoms with Gasteiger partial charge in [0, 0.05) is 15.8 Å². The molecule has 0 aromatic heterocycles. The van der Waals surface area contributed by atoms with E-state index < -0.39 is 0 Å². The molecule has 0 radical (unpaired) electrons. The molecule has 0 heterocycles. The van der Waals surface area contributed by atoms with E-state index in [1.807, 2.05) is 25.1 Å².